The molecule has 0 aliphatic carbocycles. The van der Waals surface area contributed by atoms with Gasteiger partial charge in [0.25, 0.3) is 0 Å². The Morgan fingerprint density at radius 1 is 0.369 bits per heavy atom. The summed E-state index contributed by atoms with van der Waals surface area (Å²) in [4.78, 5) is 161. The average Bonchev–Trinajstić information content (AvgIpc) is 0.783. The largest absolute Gasteiger partial charge is 1.00 e. The molecule has 2 atom stereocenters. The van der Waals surface area contributed by atoms with Crippen LogP contribution >= 0.6 is 23.5 Å². The van der Waals surface area contributed by atoms with Gasteiger partial charge in [0.05, 0.1) is 162 Å². The molecule has 6 N–H and O–H groups in total. The number of amides is 4. The molecule has 4 amide bonds. The normalized spacial score (nSPS) is 12.6. The molecule has 0 heterocycles. The Morgan fingerprint density at radius 2 is 0.654 bits per heavy atom. The molecular formula is C80H155N6Na6O34P3S. The van der Waals surface area contributed by atoms with Crippen LogP contribution in [0.3, 0.4) is 0 Å². The maximum atomic E-state index is 13.2. The molecular weight excluding hydrogens is 1850 g/mol. The van der Waals surface area contributed by atoms with E-state index in [1.807, 2.05) is 83.1 Å². The monoisotopic (exact) mass is 2010 g/mol. The number of methoxy groups -OCH3 is 1. The summed E-state index contributed by atoms with van der Waals surface area (Å²) in [6.07, 6.45) is 7.82. The summed E-state index contributed by atoms with van der Waals surface area (Å²) in [6.45, 7) is 44.0. The van der Waals surface area contributed by atoms with E-state index in [9.17, 15) is 94.4 Å². The molecule has 0 radical (unpaired) electrons. The third-order valence-corrected chi connectivity index (χ3v) is 21.6. The van der Waals surface area contributed by atoms with Crippen LogP contribution < -0.4 is 234 Å². The van der Waals surface area contributed by atoms with Gasteiger partial charge in [-0.3, -0.25) is 38.4 Å². The number of rotatable bonds is 68. The smallest absolute Gasteiger partial charge is 0.790 e. The second-order valence-corrected chi connectivity index (χ2v) is 38.4. The summed E-state index contributed by atoms with van der Waals surface area (Å²) in [5.41, 5.74) is -0.129. The number of carbonyl (C=O) groups excluding carboxylic acids is 8. The van der Waals surface area contributed by atoms with Crippen molar-refractivity contribution in [1.82, 2.24) is 21.3 Å². The van der Waals surface area contributed by atoms with Crippen molar-refractivity contribution in [3.8, 4) is 0 Å². The number of nitrogens with one attached hydrogen (secondary N) is 4. The number of hydrogen-bond acceptors (Lipinski definition) is 35. The van der Waals surface area contributed by atoms with Crippen LogP contribution in [0.25, 0.3) is 0 Å². The van der Waals surface area contributed by atoms with E-state index in [2.05, 4.69) is 55.5 Å². The Morgan fingerprint density at radius 3 is 0.954 bits per heavy atom. The Kier molecular flexibility index (Phi) is 101. The van der Waals surface area contributed by atoms with Gasteiger partial charge >= 0.3 is 201 Å². The van der Waals surface area contributed by atoms with Crippen molar-refractivity contribution in [3.63, 3.8) is 0 Å². The zero-order chi connectivity index (χ0) is 96.6. The summed E-state index contributed by atoms with van der Waals surface area (Å²) >= 11 is 0. The topological polar surface area (TPSA) is 587 Å². The molecule has 0 aliphatic heterocycles. The van der Waals surface area contributed by atoms with Gasteiger partial charge in [-0.25, -0.2) is 8.42 Å². The Balaban J connectivity index is -0.000000157. The van der Waals surface area contributed by atoms with Crippen molar-refractivity contribution in [3.05, 3.63) is 12.2 Å². The zero-order valence-electron chi connectivity index (χ0n) is 84.1. The number of nitrogens with two attached hydrogens (primary N) is 1. The summed E-state index contributed by atoms with van der Waals surface area (Å²) in [5, 5.41) is 11.6. The molecule has 2 unspecified atom stereocenters. The summed E-state index contributed by atoms with van der Waals surface area (Å²) in [6, 6.07) is 0. The number of phosphoric acid groups is 3. The predicted octanol–water partition coefficient (Wildman–Crippen LogP) is -14.3. The number of hydrogen-bond donors (Lipinski definition) is 5. The molecule has 0 bridgehead atoms. The van der Waals surface area contributed by atoms with Gasteiger partial charge in [0.2, 0.25) is 23.6 Å². The van der Waals surface area contributed by atoms with Crippen molar-refractivity contribution >= 4 is 81.1 Å². The third kappa shape index (κ3) is 90.6. The number of unbranched alkanes of at least 4 members (excludes halogenated alkanes) is 1. The van der Waals surface area contributed by atoms with Gasteiger partial charge in [-0.1, -0.05) is 82.7 Å². The van der Waals surface area contributed by atoms with E-state index < -0.39 is 107 Å². The van der Waals surface area contributed by atoms with Gasteiger partial charge in [0, 0.05) is 93.7 Å². The number of carbonyl (C=O) groups is 8. The van der Waals surface area contributed by atoms with E-state index in [1.54, 1.807) is 21.0 Å². The average molecular weight is 2010 g/mol. The molecule has 736 valence electrons. The molecule has 0 aromatic rings. The van der Waals surface area contributed by atoms with Gasteiger partial charge < -0.3 is 145 Å². The number of esters is 4. The molecule has 0 aromatic carbocycles. The molecule has 130 heavy (non-hydrogen) atoms. The summed E-state index contributed by atoms with van der Waals surface area (Å²) in [7, 11) is -14.3. The predicted molar refractivity (Wildman–Crippen MR) is 452 cm³/mol. The van der Waals surface area contributed by atoms with Crippen molar-refractivity contribution in [2.75, 3.05) is 205 Å². The van der Waals surface area contributed by atoms with Crippen LogP contribution in [0.5, 0.6) is 0 Å². The van der Waals surface area contributed by atoms with Crippen LogP contribution in [0.15, 0.2) is 12.2 Å². The third-order valence-electron chi connectivity index (χ3n) is 19.3. The second kappa shape index (κ2) is 84.8. The van der Waals surface area contributed by atoms with Gasteiger partial charge in [-0.2, -0.15) is 0 Å². The van der Waals surface area contributed by atoms with E-state index in [0.717, 1.165) is 75.4 Å². The molecule has 0 saturated heterocycles. The van der Waals surface area contributed by atoms with Crippen LogP contribution in [0, 0.1) is 37.9 Å². The minimum absolute atomic E-state index is 0. The molecule has 40 nitrogen and oxygen atoms in total. The Labute approximate surface area is 909 Å². The fraction of sp³-hybridized carbons (Fsp3) is 0.875. The first-order valence-electron chi connectivity index (χ1n) is 42.0. The fourth-order valence-electron chi connectivity index (χ4n) is 9.80. The Hall–Kier alpha value is 1.38. The van der Waals surface area contributed by atoms with Crippen LogP contribution in [0.4, 0.5) is 0 Å². The first kappa shape index (κ1) is 154. The fourth-order valence-corrected chi connectivity index (χ4v) is 11.2. The maximum Gasteiger partial charge on any atom is 1.00 e. The molecule has 0 spiro atoms. The van der Waals surface area contributed by atoms with Crippen molar-refractivity contribution in [1.29, 1.82) is 0 Å². The van der Waals surface area contributed by atoms with Crippen LogP contribution in [0.1, 0.15) is 215 Å². The molecule has 0 saturated carbocycles. The van der Waals surface area contributed by atoms with Gasteiger partial charge in [-0.15, -0.1) is 0 Å². The number of ether oxygens (including phenoxy) is 11. The quantitative estimate of drug-likeness (QED) is 0.00552. The number of quaternary nitrogens is 1. The minimum atomic E-state index is -5.36. The number of nitrogens with zero attached hydrogens (tertiary/aromatic N) is 1. The van der Waals surface area contributed by atoms with E-state index in [0.29, 0.717) is 144 Å². The molecule has 0 fully saturated rings. The van der Waals surface area contributed by atoms with Crippen molar-refractivity contribution in [2.45, 2.75) is 215 Å². The molecule has 0 aliphatic rings. The van der Waals surface area contributed by atoms with Crippen LogP contribution in [-0.2, 0) is 128 Å². The summed E-state index contributed by atoms with van der Waals surface area (Å²) in [5.74, 6) is -3.19. The van der Waals surface area contributed by atoms with Gasteiger partial charge in [0.15, 0.2) is 0 Å². The van der Waals surface area contributed by atoms with E-state index >= 15 is 0 Å². The Bertz CT molecular complexity index is 3260. The van der Waals surface area contributed by atoms with Crippen LogP contribution in [-0.4, -0.2) is 270 Å². The van der Waals surface area contributed by atoms with Gasteiger partial charge in [0.1, 0.15) is 26.4 Å². The van der Waals surface area contributed by atoms with E-state index in [4.69, 9.17) is 57.8 Å². The maximum absolute atomic E-state index is 13.2. The molecule has 50 heteroatoms. The summed E-state index contributed by atoms with van der Waals surface area (Å²) < 4.78 is 133. The van der Waals surface area contributed by atoms with Crippen LogP contribution in [0.2, 0.25) is 0 Å². The van der Waals surface area contributed by atoms with E-state index in [1.165, 1.54) is 27.7 Å². The second-order valence-electron chi connectivity index (χ2n) is 33.4. The number of phosphoric ester groups is 3. The standard InChI is InChI=1S/C20H38N2O5.C20H39O18P3.C16H34N2O4.C15H32N2O4S.C9H18O3.6Na/c1-6-20(4,5)19(24)22-10-8-12-26-14-16-27-15-13-25-11-7-9-21-18(23)17(2)3;1-6-19(4,16(22)34-8-11-37-40(27,28)29)14-20(5,17(23)35-9-12-38-41(30,31)32)13-18(2,3)15(21)33-7-10-36-39(24,25)26;1-4-16(2,3)15(19)18-8-6-10-21-12-14-22-13-11-20-9-5-7-17;1-6-15(2,3)14(18)16-10-9-12-17(4,5)11-7-8-13-22(19,20)21;1-5-9(2,3)8(10)12-7-6-11-4;;;;;;/h2,6-16H2,1,3-5H3,(H,21,23)(H,22,24);6-14H2,1-5H3,(H2,24,25,26)(H2,27,28,29)(H2,30,31,32);4-14,17H2,1-3H3,(H,18,19);6-13H2,1-5H3,(H-,16,18,19,20,21);5-7H2,1-4H3;;;;;;/q;;;;;6*+1/p-6. The molecule has 0 rings (SSSR count). The van der Waals surface area contributed by atoms with Crippen molar-refractivity contribution < 1.29 is 342 Å². The zero-order valence-corrected chi connectivity index (χ0v) is 99.6. The van der Waals surface area contributed by atoms with Gasteiger partial charge in [-0.05, 0) is 138 Å². The van der Waals surface area contributed by atoms with E-state index in [-0.39, 0.29) is 254 Å². The minimum Gasteiger partial charge on any atom is -0.790 e. The first-order valence-corrected chi connectivity index (χ1v) is 48.0. The SMILES string of the molecule is C=C(C)C(=O)NCCCOCCOCCOCCCNC(=O)C(C)(C)CC.CCC(C)(C)C(=O)NCCCOCCOCCOCCCN.CCC(C)(C)C(=O)NCCC[N+](C)(C)CCCCS(=O)(=O)[O-].CCC(C)(C)C(=O)OCCOC.CCC(C)(CC(C)(CC(C)(C)C(=O)OCCOP(=O)([O-])[O-])C(=O)OCCOP(=O)([O-])[O-])C(=O)OCCOP(=O)([O-])[O-].[Na+].[Na+].[Na+].[Na+].[Na+].[Na+]. The molecule has 0 aromatic heterocycles. The van der Waals surface area contributed by atoms with Crippen molar-refractivity contribution in [2.24, 2.45) is 43.6 Å². The first-order chi connectivity index (χ1) is 57.1.